The molecule has 0 aliphatic heterocycles. The summed E-state index contributed by atoms with van der Waals surface area (Å²) in [6, 6.07) is -0.509. The molecule has 0 aliphatic carbocycles. The van der Waals surface area contributed by atoms with Crippen molar-refractivity contribution in [2.24, 2.45) is 11.5 Å². The van der Waals surface area contributed by atoms with Crippen molar-refractivity contribution in [3.8, 4) is 0 Å². The van der Waals surface area contributed by atoms with Gasteiger partial charge in [-0.05, 0) is 13.5 Å². The zero-order valence-corrected chi connectivity index (χ0v) is 7.60. The molecular weight excluding hydrogens is 168 g/mol. The van der Waals surface area contributed by atoms with Gasteiger partial charge in [-0.2, -0.15) is 0 Å². The van der Waals surface area contributed by atoms with Crippen LogP contribution < -0.4 is 11.5 Å². The van der Waals surface area contributed by atoms with E-state index in [1.807, 2.05) is 0 Å². The Morgan fingerprint density at radius 1 is 1.77 bits per heavy atom. The largest absolute Gasteiger partial charge is 0.330 e. The topological polar surface area (TPSA) is 86.9 Å². The van der Waals surface area contributed by atoms with Gasteiger partial charge in [0.15, 0.2) is 0 Å². The molecular formula is C8H14N4O. The highest BCUT2D eigenvalue weighted by atomic mass is 16.2. The molecule has 4 N–H and O–H groups in total. The van der Waals surface area contributed by atoms with Crippen molar-refractivity contribution in [3.63, 3.8) is 0 Å². The Bertz CT molecular complexity index is 292. The number of hydrogen-bond donors (Lipinski definition) is 2. The van der Waals surface area contributed by atoms with E-state index in [1.54, 1.807) is 13.1 Å². The Hall–Kier alpha value is -1.20. The molecule has 0 fully saturated rings. The van der Waals surface area contributed by atoms with Gasteiger partial charge in [-0.15, -0.1) is 0 Å². The molecule has 0 bridgehead atoms. The number of rotatable bonds is 3. The van der Waals surface area contributed by atoms with Gasteiger partial charge in [0, 0.05) is 18.3 Å². The Kier molecular flexibility index (Phi) is 3.16. The number of nitrogens with zero attached hydrogens (tertiary/aromatic N) is 2. The fourth-order valence-electron chi connectivity index (χ4n) is 1.07. The Balaban J connectivity index is 2.87. The van der Waals surface area contributed by atoms with Gasteiger partial charge < -0.3 is 11.5 Å². The van der Waals surface area contributed by atoms with Gasteiger partial charge in [0.05, 0.1) is 6.04 Å². The van der Waals surface area contributed by atoms with Crippen LogP contribution in [-0.4, -0.2) is 28.0 Å². The fourth-order valence-corrected chi connectivity index (χ4v) is 1.07. The molecule has 0 saturated carbocycles. The Morgan fingerprint density at radius 3 is 3.00 bits per heavy atom. The van der Waals surface area contributed by atoms with Crippen LogP contribution in [0.25, 0.3) is 0 Å². The Labute approximate surface area is 76.7 Å². The third-order valence-corrected chi connectivity index (χ3v) is 1.74. The first-order valence-electron chi connectivity index (χ1n) is 4.18. The molecule has 0 aromatic carbocycles. The van der Waals surface area contributed by atoms with E-state index in [-0.39, 0.29) is 5.91 Å². The smallest absolute Gasteiger partial charge is 0.248 e. The van der Waals surface area contributed by atoms with E-state index < -0.39 is 6.04 Å². The van der Waals surface area contributed by atoms with Crippen LogP contribution in [0.5, 0.6) is 0 Å². The van der Waals surface area contributed by atoms with Crippen molar-refractivity contribution in [1.82, 2.24) is 9.55 Å². The van der Waals surface area contributed by atoms with Crippen LogP contribution in [0.2, 0.25) is 0 Å². The minimum absolute atomic E-state index is 0.152. The molecule has 72 valence electrons. The second-order valence-electron chi connectivity index (χ2n) is 2.92. The predicted octanol–water partition coefficient (Wildman–Crippen LogP) is -0.628. The maximum atomic E-state index is 11.5. The van der Waals surface area contributed by atoms with Crippen molar-refractivity contribution >= 4 is 5.91 Å². The van der Waals surface area contributed by atoms with Crippen molar-refractivity contribution in [1.29, 1.82) is 0 Å². The number of carbonyl (C=O) groups is 1. The van der Waals surface area contributed by atoms with Crippen LogP contribution in [-0.2, 0) is 6.42 Å². The van der Waals surface area contributed by atoms with Gasteiger partial charge in [0.25, 0.3) is 0 Å². The van der Waals surface area contributed by atoms with Crippen LogP contribution in [0, 0.1) is 0 Å². The van der Waals surface area contributed by atoms with Crippen LogP contribution in [0.1, 0.15) is 17.4 Å². The van der Waals surface area contributed by atoms with E-state index in [1.165, 1.54) is 10.9 Å². The summed E-state index contributed by atoms with van der Waals surface area (Å²) in [4.78, 5) is 15.3. The monoisotopic (exact) mass is 182 g/mol. The molecule has 1 aromatic heterocycles. The normalized spacial score (nSPS) is 12.8. The number of carbonyl (C=O) groups excluding carboxylic acids is 1. The highest BCUT2D eigenvalue weighted by Gasteiger charge is 2.12. The van der Waals surface area contributed by atoms with Crippen molar-refractivity contribution in [3.05, 3.63) is 18.2 Å². The summed E-state index contributed by atoms with van der Waals surface area (Å²) >= 11 is 0. The second kappa shape index (κ2) is 4.15. The highest BCUT2D eigenvalue weighted by molar-refractivity contribution is 5.84. The molecule has 1 atom stereocenters. The zero-order chi connectivity index (χ0) is 9.84. The number of nitrogens with two attached hydrogens (primary N) is 2. The predicted molar refractivity (Wildman–Crippen MR) is 49.3 cm³/mol. The van der Waals surface area contributed by atoms with E-state index in [0.717, 1.165) is 5.69 Å². The van der Waals surface area contributed by atoms with Gasteiger partial charge >= 0.3 is 0 Å². The maximum Gasteiger partial charge on any atom is 0.248 e. The average molecular weight is 182 g/mol. The van der Waals surface area contributed by atoms with E-state index in [2.05, 4.69) is 4.98 Å². The van der Waals surface area contributed by atoms with Crippen LogP contribution in [0.3, 0.4) is 0 Å². The Morgan fingerprint density at radius 2 is 2.46 bits per heavy atom. The molecule has 0 spiro atoms. The first-order valence-corrected chi connectivity index (χ1v) is 4.18. The first-order chi connectivity index (χ1) is 6.16. The second-order valence-corrected chi connectivity index (χ2v) is 2.92. The van der Waals surface area contributed by atoms with Gasteiger partial charge in [0.1, 0.15) is 6.33 Å². The standard InChI is InChI=1S/C8H14N4O/c1-6(10)8(13)12-5-11-4-7(12)2-3-9/h4-6H,2-3,9-10H2,1H3/t6-/m0/s1. The average Bonchev–Trinajstić information content (AvgIpc) is 2.52. The summed E-state index contributed by atoms with van der Waals surface area (Å²) in [5.41, 5.74) is 11.7. The van der Waals surface area contributed by atoms with Gasteiger partial charge in [0.2, 0.25) is 5.91 Å². The zero-order valence-electron chi connectivity index (χ0n) is 7.60. The summed E-state index contributed by atoms with van der Waals surface area (Å²) in [5.74, 6) is -0.152. The minimum Gasteiger partial charge on any atom is -0.330 e. The van der Waals surface area contributed by atoms with Crippen LogP contribution in [0.15, 0.2) is 12.5 Å². The van der Waals surface area contributed by atoms with E-state index in [9.17, 15) is 4.79 Å². The first kappa shape index (κ1) is 9.88. The lowest BCUT2D eigenvalue weighted by Crippen LogP contribution is -2.32. The molecule has 0 unspecified atom stereocenters. The quantitative estimate of drug-likeness (QED) is 0.651. The number of imidazole rings is 1. The summed E-state index contributed by atoms with van der Waals surface area (Å²) in [5, 5.41) is 0. The minimum atomic E-state index is -0.509. The van der Waals surface area contributed by atoms with Gasteiger partial charge in [-0.3, -0.25) is 9.36 Å². The molecule has 5 heteroatoms. The van der Waals surface area contributed by atoms with E-state index in [4.69, 9.17) is 11.5 Å². The summed E-state index contributed by atoms with van der Waals surface area (Å²) in [6.07, 6.45) is 3.74. The fraction of sp³-hybridized carbons (Fsp3) is 0.500. The summed E-state index contributed by atoms with van der Waals surface area (Å²) < 4.78 is 1.46. The molecule has 0 amide bonds. The van der Waals surface area contributed by atoms with Crippen LogP contribution >= 0.6 is 0 Å². The highest BCUT2D eigenvalue weighted by Crippen LogP contribution is 2.00. The molecule has 0 aliphatic rings. The van der Waals surface area contributed by atoms with Gasteiger partial charge in [-0.1, -0.05) is 0 Å². The number of aromatic nitrogens is 2. The summed E-state index contributed by atoms with van der Waals surface area (Å²) in [7, 11) is 0. The van der Waals surface area contributed by atoms with Crippen molar-refractivity contribution in [2.45, 2.75) is 19.4 Å². The lowest BCUT2D eigenvalue weighted by molar-refractivity contribution is 0.0883. The van der Waals surface area contributed by atoms with Gasteiger partial charge in [-0.25, -0.2) is 4.98 Å². The summed E-state index contributed by atoms with van der Waals surface area (Å²) in [6.45, 7) is 2.15. The molecule has 0 radical (unpaired) electrons. The lowest BCUT2D eigenvalue weighted by Gasteiger charge is -2.07. The molecule has 1 aromatic rings. The van der Waals surface area contributed by atoms with Crippen LogP contribution in [0.4, 0.5) is 0 Å². The maximum absolute atomic E-state index is 11.5. The van der Waals surface area contributed by atoms with E-state index in [0.29, 0.717) is 13.0 Å². The third kappa shape index (κ3) is 2.13. The molecule has 13 heavy (non-hydrogen) atoms. The molecule has 1 rings (SSSR count). The number of hydrogen-bond acceptors (Lipinski definition) is 4. The van der Waals surface area contributed by atoms with Crippen molar-refractivity contribution in [2.75, 3.05) is 6.54 Å². The lowest BCUT2D eigenvalue weighted by atomic mass is 10.3. The molecule has 1 heterocycles. The third-order valence-electron chi connectivity index (χ3n) is 1.74. The SMILES string of the molecule is C[C@H](N)C(=O)n1cncc1CCN. The van der Waals surface area contributed by atoms with E-state index >= 15 is 0 Å². The molecule has 0 saturated heterocycles. The van der Waals surface area contributed by atoms with Crippen molar-refractivity contribution < 1.29 is 4.79 Å². The molecule has 5 nitrogen and oxygen atoms in total.